The third-order valence-corrected chi connectivity index (χ3v) is 2.27. The fourth-order valence-electron chi connectivity index (χ4n) is 1.33. The molecule has 3 heteroatoms. The van der Waals surface area contributed by atoms with Crippen molar-refractivity contribution in [2.45, 2.75) is 13.0 Å². The molecule has 0 amide bonds. The number of carbonyl (C=O) groups excluding carboxylic acids is 1. The van der Waals surface area contributed by atoms with Gasteiger partial charge in [0.2, 0.25) is 0 Å². The third kappa shape index (κ3) is 3.51. The monoisotopic (exact) mass is 218 g/mol. The topological polar surface area (TPSA) is 38.8 Å². The van der Waals surface area contributed by atoms with E-state index >= 15 is 0 Å². The number of esters is 1. The highest BCUT2D eigenvalue weighted by Crippen LogP contribution is 2.09. The van der Waals surface area contributed by atoms with E-state index in [0.717, 1.165) is 5.56 Å². The van der Waals surface area contributed by atoms with Gasteiger partial charge in [0.25, 0.3) is 0 Å². The van der Waals surface area contributed by atoms with Gasteiger partial charge in [0, 0.05) is 6.08 Å². The molecule has 1 unspecified atom stereocenters. The first kappa shape index (κ1) is 10.9. The van der Waals surface area contributed by atoms with Gasteiger partial charge in [-0.05, 0) is 18.6 Å². The Labute approximate surface area is 94.7 Å². The highest BCUT2D eigenvalue weighted by Gasteiger charge is 2.23. The van der Waals surface area contributed by atoms with Crippen LogP contribution < -0.4 is 0 Å². The first-order valence-electron chi connectivity index (χ1n) is 5.27. The van der Waals surface area contributed by atoms with Crippen LogP contribution in [0.2, 0.25) is 0 Å². The van der Waals surface area contributed by atoms with Crippen LogP contribution in [0.3, 0.4) is 0 Å². The van der Waals surface area contributed by atoms with E-state index in [1.54, 1.807) is 6.08 Å². The van der Waals surface area contributed by atoms with Gasteiger partial charge in [-0.3, -0.25) is 0 Å². The zero-order valence-corrected chi connectivity index (χ0v) is 9.18. The number of ether oxygens (including phenoxy) is 2. The number of epoxide rings is 1. The third-order valence-electron chi connectivity index (χ3n) is 2.27. The van der Waals surface area contributed by atoms with Crippen LogP contribution in [0.5, 0.6) is 0 Å². The van der Waals surface area contributed by atoms with Crippen LogP contribution in [0.4, 0.5) is 0 Å². The second-order valence-corrected chi connectivity index (χ2v) is 3.83. The highest BCUT2D eigenvalue weighted by molar-refractivity contribution is 5.87. The van der Waals surface area contributed by atoms with Crippen molar-refractivity contribution >= 4 is 12.0 Å². The summed E-state index contributed by atoms with van der Waals surface area (Å²) in [5.41, 5.74) is 2.17. The van der Waals surface area contributed by atoms with E-state index in [4.69, 9.17) is 9.47 Å². The Kier molecular flexibility index (Phi) is 3.37. The minimum atomic E-state index is -0.322. The number of aryl methyl sites for hydroxylation is 1. The first-order chi connectivity index (χ1) is 7.74. The minimum Gasteiger partial charge on any atom is -0.460 e. The molecule has 1 aromatic rings. The van der Waals surface area contributed by atoms with Gasteiger partial charge in [0.05, 0.1) is 6.61 Å². The molecule has 1 heterocycles. The van der Waals surface area contributed by atoms with Crippen LogP contribution >= 0.6 is 0 Å². The summed E-state index contributed by atoms with van der Waals surface area (Å²) in [6, 6.07) is 7.92. The van der Waals surface area contributed by atoms with E-state index in [-0.39, 0.29) is 12.1 Å². The molecule has 1 aromatic carbocycles. The highest BCUT2D eigenvalue weighted by atomic mass is 16.6. The summed E-state index contributed by atoms with van der Waals surface area (Å²) >= 11 is 0. The lowest BCUT2D eigenvalue weighted by molar-refractivity contribution is -0.138. The maximum atomic E-state index is 11.3. The Morgan fingerprint density at radius 1 is 1.62 bits per heavy atom. The molecule has 1 atom stereocenters. The van der Waals surface area contributed by atoms with Crippen molar-refractivity contribution in [3.63, 3.8) is 0 Å². The fourth-order valence-corrected chi connectivity index (χ4v) is 1.33. The van der Waals surface area contributed by atoms with E-state index in [1.807, 2.05) is 31.2 Å². The first-order valence-corrected chi connectivity index (χ1v) is 5.27. The van der Waals surface area contributed by atoms with Crippen molar-refractivity contribution in [1.29, 1.82) is 0 Å². The summed E-state index contributed by atoms with van der Waals surface area (Å²) in [5, 5.41) is 0. The smallest absolute Gasteiger partial charge is 0.330 e. The molecular formula is C13H14O3. The summed E-state index contributed by atoms with van der Waals surface area (Å²) in [6.45, 7) is 3.08. The standard InChI is InChI=1S/C13H14O3/c1-10-3-2-4-11(7-10)5-6-13(14)16-9-12-8-15-12/h2-7,12H,8-9H2,1H3. The summed E-state index contributed by atoms with van der Waals surface area (Å²) in [6.07, 6.45) is 3.32. The van der Waals surface area contributed by atoms with Gasteiger partial charge in [0.15, 0.2) is 0 Å². The average molecular weight is 218 g/mol. The SMILES string of the molecule is Cc1cccc(C=CC(=O)OCC2CO2)c1. The molecule has 0 bridgehead atoms. The zero-order valence-electron chi connectivity index (χ0n) is 9.18. The molecule has 1 aliphatic rings. The van der Waals surface area contributed by atoms with E-state index < -0.39 is 0 Å². The molecule has 1 aliphatic heterocycles. The van der Waals surface area contributed by atoms with Gasteiger partial charge in [0.1, 0.15) is 12.7 Å². The second-order valence-electron chi connectivity index (χ2n) is 3.83. The predicted octanol–water partition coefficient (Wildman–Crippen LogP) is 1.95. The Morgan fingerprint density at radius 3 is 3.12 bits per heavy atom. The maximum absolute atomic E-state index is 11.3. The average Bonchev–Trinajstić information content (AvgIpc) is 3.07. The molecule has 3 nitrogen and oxygen atoms in total. The summed E-state index contributed by atoms with van der Waals surface area (Å²) in [5.74, 6) is -0.322. The lowest BCUT2D eigenvalue weighted by atomic mass is 10.1. The lowest BCUT2D eigenvalue weighted by Gasteiger charge is -1.98. The van der Waals surface area contributed by atoms with Gasteiger partial charge in [-0.15, -0.1) is 0 Å². The van der Waals surface area contributed by atoms with Crippen molar-refractivity contribution in [1.82, 2.24) is 0 Å². The quantitative estimate of drug-likeness (QED) is 0.440. The number of benzene rings is 1. The molecule has 0 aromatic heterocycles. The Hall–Kier alpha value is -1.61. The Morgan fingerprint density at radius 2 is 2.44 bits per heavy atom. The van der Waals surface area contributed by atoms with Crippen LogP contribution in [0.25, 0.3) is 6.08 Å². The van der Waals surface area contributed by atoms with Crippen molar-refractivity contribution in [3.05, 3.63) is 41.5 Å². The van der Waals surface area contributed by atoms with Crippen LogP contribution in [-0.4, -0.2) is 25.3 Å². The zero-order chi connectivity index (χ0) is 11.4. The van der Waals surface area contributed by atoms with E-state index in [9.17, 15) is 4.79 Å². The van der Waals surface area contributed by atoms with Gasteiger partial charge in [-0.2, -0.15) is 0 Å². The van der Waals surface area contributed by atoms with Crippen molar-refractivity contribution in [3.8, 4) is 0 Å². The largest absolute Gasteiger partial charge is 0.460 e. The number of carbonyl (C=O) groups is 1. The molecule has 0 spiro atoms. The summed E-state index contributed by atoms with van der Waals surface area (Å²) in [7, 11) is 0. The van der Waals surface area contributed by atoms with E-state index in [0.29, 0.717) is 13.2 Å². The predicted molar refractivity (Wildman–Crippen MR) is 60.9 cm³/mol. The molecule has 16 heavy (non-hydrogen) atoms. The van der Waals surface area contributed by atoms with Crippen LogP contribution in [-0.2, 0) is 14.3 Å². The van der Waals surface area contributed by atoms with Crippen molar-refractivity contribution < 1.29 is 14.3 Å². The summed E-state index contributed by atoms with van der Waals surface area (Å²) < 4.78 is 9.90. The maximum Gasteiger partial charge on any atom is 0.330 e. The molecule has 0 N–H and O–H groups in total. The van der Waals surface area contributed by atoms with Crippen LogP contribution in [0, 0.1) is 6.92 Å². The molecule has 84 valence electrons. The van der Waals surface area contributed by atoms with Crippen molar-refractivity contribution in [2.75, 3.05) is 13.2 Å². The van der Waals surface area contributed by atoms with Crippen LogP contribution in [0.1, 0.15) is 11.1 Å². The number of hydrogen-bond donors (Lipinski definition) is 0. The lowest BCUT2D eigenvalue weighted by Crippen LogP contribution is -2.06. The van der Waals surface area contributed by atoms with E-state index in [2.05, 4.69) is 0 Å². The van der Waals surface area contributed by atoms with Crippen LogP contribution in [0.15, 0.2) is 30.3 Å². The number of hydrogen-bond acceptors (Lipinski definition) is 3. The minimum absolute atomic E-state index is 0.122. The molecule has 1 saturated heterocycles. The van der Waals surface area contributed by atoms with Gasteiger partial charge < -0.3 is 9.47 Å². The van der Waals surface area contributed by atoms with Gasteiger partial charge in [-0.25, -0.2) is 4.79 Å². The molecule has 0 aliphatic carbocycles. The van der Waals surface area contributed by atoms with E-state index in [1.165, 1.54) is 11.6 Å². The molecule has 0 saturated carbocycles. The normalized spacial score (nSPS) is 18.7. The van der Waals surface area contributed by atoms with Crippen molar-refractivity contribution in [2.24, 2.45) is 0 Å². The number of rotatable bonds is 4. The Balaban J connectivity index is 1.84. The van der Waals surface area contributed by atoms with Gasteiger partial charge >= 0.3 is 5.97 Å². The van der Waals surface area contributed by atoms with Gasteiger partial charge in [-0.1, -0.05) is 29.8 Å². The summed E-state index contributed by atoms with van der Waals surface area (Å²) in [4.78, 5) is 11.3. The molecular weight excluding hydrogens is 204 g/mol. The molecule has 2 rings (SSSR count). The second kappa shape index (κ2) is 4.94. The molecule has 1 fully saturated rings. The fraction of sp³-hybridized carbons (Fsp3) is 0.308. The molecule has 0 radical (unpaired) electrons. The Bertz CT molecular complexity index is 405.